The van der Waals surface area contributed by atoms with Crippen LogP contribution in [-0.2, 0) is 0 Å². The van der Waals surface area contributed by atoms with Crippen LogP contribution in [0.5, 0.6) is 5.75 Å². The number of carbonyl (C=O) groups is 1. The van der Waals surface area contributed by atoms with Crippen LogP contribution in [0.15, 0.2) is 70.6 Å². The molecule has 7 nitrogen and oxygen atoms in total. The Labute approximate surface area is 149 Å². The number of hydrazone groups is 1. The number of aromatic amines is 1. The van der Waals surface area contributed by atoms with E-state index in [9.17, 15) is 9.59 Å². The molecule has 2 aromatic carbocycles. The number of esters is 1. The number of aryl methyl sites for hydroxylation is 1. The lowest BCUT2D eigenvalue weighted by Crippen LogP contribution is -2.10. The van der Waals surface area contributed by atoms with Crippen LogP contribution >= 0.6 is 0 Å². The maximum Gasteiger partial charge on any atom is 0.343 e. The Kier molecular flexibility index (Phi) is 5.19. The number of nitrogens with one attached hydrogen (secondary N) is 2. The standard InChI is InChI=1S/C19H16N4O3/c1-13-11-17(24)22-19(21-13)23-20-12-14-7-9-16(10-8-14)26-18(25)15-5-3-2-4-6-15/h2-12H,1H3,(H2,21,22,23,24)/b20-12+. The molecular formula is C19H16N4O3. The van der Waals surface area contributed by atoms with Crippen LogP contribution in [0.25, 0.3) is 0 Å². The van der Waals surface area contributed by atoms with Crippen molar-refractivity contribution in [3.8, 4) is 5.75 Å². The zero-order valence-electron chi connectivity index (χ0n) is 14.0. The van der Waals surface area contributed by atoms with E-state index in [2.05, 4.69) is 20.5 Å². The van der Waals surface area contributed by atoms with Gasteiger partial charge in [-0.05, 0) is 48.9 Å². The number of aromatic nitrogens is 2. The molecule has 1 aromatic heterocycles. The van der Waals surface area contributed by atoms with Gasteiger partial charge >= 0.3 is 5.97 Å². The third-order valence-electron chi connectivity index (χ3n) is 3.35. The van der Waals surface area contributed by atoms with Crippen molar-refractivity contribution < 1.29 is 9.53 Å². The zero-order valence-corrected chi connectivity index (χ0v) is 14.0. The smallest absolute Gasteiger partial charge is 0.343 e. The molecule has 3 rings (SSSR count). The van der Waals surface area contributed by atoms with Gasteiger partial charge in [0.2, 0.25) is 5.95 Å². The number of anilines is 1. The first kappa shape index (κ1) is 17.1. The molecule has 2 N–H and O–H groups in total. The van der Waals surface area contributed by atoms with Crippen LogP contribution in [-0.4, -0.2) is 22.2 Å². The Bertz CT molecular complexity index is 980. The minimum Gasteiger partial charge on any atom is -0.423 e. The summed E-state index contributed by atoms with van der Waals surface area (Å²) in [4.78, 5) is 30.0. The topological polar surface area (TPSA) is 96.4 Å². The van der Waals surface area contributed by atoms with Gasteiger partial charge in [-0.15, -0.1) is 0 Å². The Morgan fingerprint density at radius 3 is 2.58 bits per heavy atom. The summed E-state index contributed by atoms with van der Waals surface area (Å²) >= 11 is 0. The highest BCUT2D eigenvalue weighted by atomic mass is 16.5. The predicted molar refractivity (Wildman–Crippen MR) is 98.7 cm³/mol. The Balaban J connectivity index is 1.60. The van der Waals surface area contributed by atoms with E-state index in [0.29, 0.717) is 17.0 Å². The van der Waals surface area contributed by atoms with E-state index in [-0.39, 0.29) is 11.5 Å². The van der Waals surface area contributed by atoms with Crippen molar-refractivity contribution in [2.24, 2.45) is 5.10 Å². The van der Waals surface area contributed by atoms with Crippen LogP contribution < -0.4 is 15.7 Å². The summed E-state index contributed by atoms with van der Waals surface area (Å²) in [5.41, 5.74) is 4.28. The number of carbonyl (C=O) groups excluding carboxylic acids is 1. The number of rotatable bonds is 5. The molecule has 0 unspecified atom stereocenters. The number of H-pyrrole nitrogens is 1. The van der Waals surface area contributed by atoms with E-state index >= 15 is 0 Å². The molecule has 0 saturated carbocycles. The van der Waals surface area contributed by atoms with Crippen LogP contribution in [0.3, 0.4) is 0 Å². The summed E-state index contributed by atoms with van der Waals surface area (Å²) < 4.78 is 5.31. The Hall–Kier alpha value is -3.74. The average molecular weight is 348 g/mol. The van der Waals surface area contributed by atoms with Crippen LogP contribution in [0.4, 0.5) is 5.95 Å². The lowest BCUT2D eigenvalue weighted by atomic mass is 10.2. The normalized spacial score (nSPS) is 10.7. The molecule has 0 radical (unpaired) electrons. The molecule has 0 aliphatic carbocycles. The summed E-state index contributed by atoms with van der Waals surface area (Å²) in [6.45, 7) is 1.72. The quantitative estimate of drug-likeness (QED) is 0.320. The largest absolute Gasteiger partial charge is 0.423 e. The third kappa shape index (κ3) is 4.64. The average Bonchev–Trinajstić information content (AvgIpc) is 2.63. The highest BCUT2D eigenvalue weighted by Crippen LogP contribution is 2.13. The van der Waals surface area contributed by atoms with Crippen LogP contribution in [0.2, 0.25) is 0 Å². The molecule has 7 heteroatoms. The monoisotopic (exact) mass is 348 g/mol. The molecular weight excluding hydrogens is 332 g/mol. The molecule has 0 fully saturated rings. The highest BCUT2D eigenvalue weighted by Gasteiger charge is 2.07. The second-order valence-corrected chi connectivity index (χ2v) is 5.43. The first-order valence-electron chi connectivity index (χ1n) is 7.84. The van der Waals surface area contributed by atoms with Crippen molar-refractivity contribution in [1.82, 2.24) is 9.97 Å². The molecule has 0 amide bonds. The van der Waals surface area contributed by atoms with E-state index in [0.717, 1.165) is 5.56 Å². The van der Waals surface area contributed by atoms with Gasteiger partial charge in [0.05, 0.1) is 11.8 Å². The maximum atomic E-state index is 12.0. The zero-order chi connectivity index (χ0) is 18.4. The highest BCUT2D eigenvalue weighted by molar-refractivity contribution is 5.91. The van der Waals surface area contributed by atoms with Crippen molar-refractivity contribution in [3.05, 3.63) is 87.8 Å². The van der Waals surface area contributed by atoms with E-state index in [1.54, 1.807) is 61.7 Å². The number of ether oxygens (including phenoxy) is 1. The predicted octanol–water partition coefficient (Wildman–Crippen LogP) is 2.74. The SMILES string of the molecule is Cc1cc(=O)[nH]c(N/N=C/c2ccc(OC(=O)c3ccccc3)cc2)n1. The number of hydrogen-bond acceptors (Lipinski definition) is 6. The molecule has 0 saturated heterocycles. The fourth-order valence-corrected chi connectivity index (χ4v) is 2.16. The van der Waals surface area contributed by atoms with Gasteiger partial charge in [-0.25, -0.2) is 15.2 Å². The molecule has 0 aliphatic rings. The van der Waals surface area contributed by atoms with Crippen molar-refractivity contribution in [3.63, 3.8) is 0 Å². The number of hydrogen-bond donors (Lipinski definition) is 2. The summed E-state index contributed by atoms with van der Waals surface area (Å²) in [7, 11) is 0. The van der Waals surface area contributed by atoms with Crippen molar-refractivity contribution in [2.75, 3.05) is 5.43 Å². The molecule has 0 spiro atoms. The molecule has 3 aromatic rings. The lowest BCUT2D eigenvalue weighted by molar-refractivity contribution is 0.0735. The Morgan fingerprint density at radius 1 is 1.15 bits per heavy atom. The molecule has 130 valence electrons. The van der Waals surface area contributed by atoms with E-state index in [4.69, 9.17) is 4.74 Å². The van der Waals surface area contributed by atoms with Gasteiger partial charge in [-0.1, -0.05) is 18.2 Å². The van der Waals surface area contributed by atoms with Crippen molar-refractivity contribution in [1.29, 1.82) is 0 Å². The van der Waals surface area contributed by atoms with E-state index < -0.39 is 5.97 Å². The summed E-state index contributed by atoms with van der Waals surface area (Å²) in [6, 6.07) is 17.0. The first-order valence-corrected chi connectivity index (χ1v) is 7.84. The summed E-state index contributed by atoms with van der Waals surface area (Å²) in [5.74, 6) is 0.288. The van der Waals surface area contributed by atoms with Crippen LogP contribution in [0.1, 0.15) is 21.6 Å². The molecule has 1 heterocycles. The molecule has 0 bridgehead atoms. The minimum absolute atomic E-state index is 0.250. The maximum absolute atomic E-state index is 12.0. The van der Waals surface area contributed by atoms with E-state index in [1.807, 2.05) is 6.07 Å². The van der Waals surface area contributed by atoms with Gasteiger partial charge < -0.3 is 4.74 Å². The van der Waals surface area contributed by atoms with Gasteiger partial charge in [0.15, 0.2) is 0 Å². The van der Waals surface area contributed by atoms with Crippen LogP contribution in [0, 0.1) is 6.92 Å². The van der Waals surface area contributed by atoms with Crippen molar-refractivity contribution in [2.45, 2.75) is 6.92 Å². The second kappa shape index (κ2) is 7.89. The molecule has 26 heavy (non-hydrogen) atoms. The summed E-state index contributed by atoms with van der Waals surface area (Å²) in [6.07, 6.45) is 1.56. The number of benzene rings is 2. The van der Waals surface area contributed by atoms with Gasteiger partial charge in [0, 0.05) is 11.8 Å². The van der Waals surface area contributed by atoms with Gasteiger partial charge in [-0.2, -0.15) is 5.10 Å². The van der Waals surface area contributed by atoms with Crippen molar-refractivity contribution >= 4 is 18.1 Å². The fourth-order valence-electron chi connectivity index (χ4n) is 2.16. The van der Waals surface area contributed by atoms with Gasteiger partial charge in [-0.3, -0.25) is 9.78 Å². The summed E-state index contributed by atoms with van der Waals surface area (Å²) in [5, 5.41) is 4.02. The molecule has 0 atom stereocenters. The van der Waals surface area contributed by atoms with Gasteiger partial charge in [0.25, 0.3) is 5.56 Å². The second-order valence-electron chi connectivity index (χ2n) is 5.43. The lowest BCUT2D eigenvalue weighted by Gasteiger charge is -2.04. The van der Waals surface area contributed by atoms with E-state index in [1.165, 1.54) is 6.07 Å². The third-order valence-corrected chi connectivity index (χ3v) is 3.35. The first-order chi connectivity index (χ1) is 12.6. The fraction of sp³-hybridized carbons (Fsp3) is 0.0526. The number of nitrogens with zero attached hydrogens (tertiary/aromatic N) is 2. The minimum atomic E-state index is -0.414. The molecule has 0 aliphatic heterocycles. The van der Waals surface area contributed by atoms with Gasteiger partial charge in [0.1, 0.15) is 5.75 Å². The Morgan fingerprint density at radius 2 is 1.88 bits per heavy atom.